The highest BCUT2D eigenvalue weighted by Gasteiger charge is 2.42. The number of unbranched alkanes of at least 4 members (excludes halogenated alkanes) is 1. The van der Waals surface area contributed by atoms with Gasteiger partial charge in [0.2, 0.25) is 5.91 Å². The topological polar surface area (TPSA) is 331 Å². The van der Waals surface area contributed by atoms with E-state index in [1.54, 1.807) is 0 Å². The van der Waals surface area contributed by atoms with E-state index in [2.05, 4.69) is 26.0 Å². The number of hydrogen-bond donors (Lipinski definition) is 3. The van der Waals surface area contributed by atoms with Gasteiger partial charge in [0.25, 0.3) is 0 Å². The van der Waals surface area contributed by atoms with Crippen LogP contribution in [0.15, 0.2) is 5.11 Å². The molecule has 90 heavy (non-hydrogen) atoms. The zero-order chi connectivity index (χ0) is 63.9. The second-order valence-electron chi connectivity index (χ2n) is 19.3. The molecular weight excluding hydrogens is 1210 g/mol. The summed E-state index contributed by atoms with van der Waals surface area (Å²) in [6.45, 7) is 22.6. The minimum absolute atomic E-state index is 0.0368. The molecule has 0 aromatic rings. The van der Waals surface area contributed by atoms with Crippen molar-refractivity contribution in [3.05, 3.63) is 10.4 Å². The van der Waals surface area contributed by atoms with Crippen LogP contribution < -0.4 is 16.0 Å². The summed E-state index contributed by atoms with van der Waals surface area (Å²) in [6.07, 6.45) is 3.31. The van der Waals surface area contributed by atoms with Gasteiger partial charge in [-0.25, -0.2) is 4.79 Å². The number of nitrogens with zero attached hydrogens (tertiary/aromatic N) is 3. The molecule has 0 saturated carbocycles. The molecule has 0 aromatic heterocycles. The van der Waals surface area contributed by atoms with Crippen molar-refractivity contribution < 1.29 is 119 Å². The average molecular weight is 1330 g/mol. The van der Waals surface area contributed by atoms with E-state index in [-0.39, 0.29) is 24.0 Å². The van der Waals surface area contributed by atoms with Crippen LogP contribution in [-0.2, 0) is 114 Å². The third-order valence-corrected chi connectivity index (χ3v) is 13.7. The van der Waals surface area contributed by atoms with Crippen molar-refractivity contribution in [3.8, 4) is 0 Å². The van der Waals surface area contributed by atoms with E-state index >= 15 is 0 Å². The van der Waals surface area contributed by atoms with E-state index in [1.807, 2.05) is 11.8 Å². The zero-order valence-corrected chi connectivity index (χ0v) is 54.5. The predicted octanol–water partition coefficient (Wildman–Crippen LogP) is 1.52. The summed E-state index contributed by atoms with van der Waals surface area (Å²) in [6, 6.07) is 0.385. The Morgan fingerprint density at radius 2 is 0.622 bits per heavy atom. The first-order valence-electron chi connectivity index (χ1n) is 31.9. The van der Waals surface area contributed by atoms with E-state index in [1.165, 1.54) is 0 Å². The van der Waals surface area contributed by atoms with Gasteiger partial charge in [-0.15, -0.1) is 0 Å². The van der Waals surface area contributed by atoms with Crippen LogP contribution in [0.4, 0.5) is 4.79 Å². The van der Waals surface area contributed by atoms with Gasteiger partial charge in [-0.1, -0.05) is 11.5 Å². The standard InChI is InChI=1S/C58H112N6O25S/c59-64-61-6-8-68-10-12-70-14-16-72-18-20-74-22-24-76-26-28-78-30-32-80-34-36-82-38-40-84-42-44-86-46-48-88-50-52-89-51-49-87-47-45-85-43-41-83-39-37-81-35-33-79-31-29-77-27-25-75-23-21-73-19-17-71-15-13-69-11-9-67-7-5-60-56(65)4-2-1-3-55-57-54(53-90-55)62-58(66)63-57/h54-55,57H,1-53H2,(H,60,65)(H2,62,63,66). The Morgan fingerprint density at radius 3 is 0.878 bits per heavy atom. The van der Waals surface area contributed by atoms with Gasteiger partial charge in [0.1, 0.15) is 0 Å². The lowest BCUT2D eigenvalue weighted by molar-refractivity contribution is -0.121. The molecule has 530 valence electrons. The number of carbonyl (C=O) groups excluding carboxylic acids is 2. The third kappa shape index (κ3) is 60.4. The van der Waals surface area contributed by atoms with Gasteiger partial charge in [-0.2, -0.15) is 11.8 Å². The molecular formula is C58H112N6O25S. The molecule has 0 bridgehead atoms. The van der Waals surface area contributed by atoms with Gasteiger partial charge in [-0.3, -0.25) is 4.79 Å². The maximum absolute atomic E-state index is 12.1. The van der Waals surface area contributed by atoms with Crippen LogP contribution in [0.5, 0.6) is 0 Å². The Labute approximate surface area is 537 Å². The maximum atomic E-state index is 12.1. The van der Waals surface area contributed by atoms with E-state index in [0.29, 0.717) is 329 Å². The zero-order valence-electron chi connectivity index (χ0n) is 53.7. The van der Waals surface area contributed by atoms with Gasteiger partial charge in [0.05, 0.1) is 316 Å². The number of hydrogen-bond acceptors (Lipinski definition) is 27. The summed E-state index contributed by atoms with van der Waals surface area (Å²) in [5.74, 6) is 0.989. The average Bonchev–Trinajstić information content (AvgIpc) is 1.77. The lowest BCUT2D eigenvalue weighted by Crippen LogP contribution is -2.36. The molecule has 3 N–H and O–H groups in total. The fourth-order valence-corrected chi connectivity index (χ4v) is 9.26. The van der Waals surface area contributed by atoms with Crippen molar-refractivity contribution in [1.29, 1.82) is 0 Å². The fraction of sp³-hybridized carbons (Fsp3) is 0.966. The van der Waals surface area contributed by atoms with Gasteiger partial charge in [-0.05, 0) is 18.4 Å². The summed E-state index contributed by atoms with van der Waals surface area (Å²) in [5, 5.41) is 12.7. The Bertz CT molecular complexity index is 1570. The summed E-state index contributed by atoms with van der Waals surface area (Å²) in [5.41, 5.74) is 8.17. The molecule has 2 fully saturated rings. The summed E-state index contributed by atoms with van der Waals surface area (Å²) in [4.78, 5) is 26.3. The van der Waals surface area contributed by atoms with Crippen molar-refractivity contribution in [2.75, 3.05) is 323 Å². The van der Waals surface area contributed by atoms with Crippen LogP contribution in [0.3, 0.4) is 0 Å². The number of rotatable bonds is 77. The van der Waals surface area contributed by atoms with Crippen molar-refractivity contribution in [2.24, 2.45) is 5.11 Å². The van der Waals surface area contributed by atoms with Gasteiger partial charge in [0, 0.05) is 35.4 Å². The number of amides is 3. The Hall–Kier alpha value is -2.52. The second kappa shape index (κ2) is 70.8. The molecule has 3 amide bonds. The molecule has 2 heterocycles. The third-order valence-electron chi connectivity index (χ3n) is 12.2. The van der Waals surface area contributed by atoms with E-state index in [0.717, 1.165) is 25.0 Å². The molecule has 0 radical (unpaired) electrons. The summed E-state index contributed by atoms with van der Waals surface area (Å²) in [7, 11) is 0. The molecule has 0 aromatic carbocycles. The fourth-order valence-electron chi connectivity index (χ4n) is 7.72. The highest BCUT2D eigenvalue weighted by molar-refractivity contribution is 8.00. The molecule has 31 nitrogen and oxygen atoms in total. The van der Waals surface area contributed by atoms with Gasteiger partial charge in [0.15, 0.2) is 0 Å². The molecule has 2 aliphatic rings. The second-order valence-corrected chi connectivity index (χ2v) is 20.5. The van der Waals surface area contributed by atoms with Crippen LogP contribution in [0.25, 0.3) is 10.4 Å². The number of thioether (sulfide) groups is 1. The quantitative estimate of drug-likeness (QED) is 0.0255. The van der Waals surface area contributed by atoms with E-state index in [4.69, 9.17) is 114 Å². The molecule has 3 unspecified atom stereocenters. The SMILES string of the molecule is [N-]=[N+]=NCCOCCOCCOCCOCCOCCOCCOCCOCCOCCOCCOCCOCCOCCOCCOCCOCCOCCOCCOCCOCCOCCOCCOCCNC(=O)CCCCC1SCC2NC(=O)NC21. The highest BCUT2D eigenvalue weighted by atomic mass is 32.2. The first-order valence-corrected chi connectivity index (χ1v) is 33.0. The molecule has 0 spiro atoms. The van der Waals surface area contributed by atoms with Crippen LogP contribution in [-0.4, -0.2) is 352 Å². The molecule has 32 heteroatoms. The molecule has 3 atom stereocenters. The van der Waals surface area contributed by atoms with Crippen molar-refractivity contribution in [2.45, 2.75) is 43.0 Å². The first-order chi connectivity index (χ1) is 44.7. The largest absolute Gasteiger partial charge is 0.379 e. The number of ether oxygens (including phenoxy) is 23. The first kappa shape index (κ1) is 83.6. The Kier molecular flexibility index (Phi) is 65.7. The molecule has 2 aliphatic heterocycles. The van der Waals surface area contributed by atoms with E-state index in [9.17, 15) is 9.59 Å². The van der Waals surface area contributed by atoms with Gasteiger partial charge < -0.3 is 125 Å². The van der Waals surface area contributed by atoms with Gasteiger partial charge >= 0.3 is 6.03 Å². The van der Waals surface area contributed by atoms with Crippen molar-refractivity contribution in [1.82, 2.24) is 16.0 Å². The number of nitrogens with one attached hydrogen (secondary N) is 3. The number of carbonyl (C=O) groups is 2. The monoisotopic (exact) mass is 1320 g/mol. The van der Waals surface area contributed by atoms with Crippen LogP contribution in [0.1, 0.15) is 25.7 Å². The Balaban J connectivity index is 1.09. The molecule has 2 rings (SSSR count). The van der Waals surface area contributed by atoms with Crippen LogP contribution >= 0.6 is 11.8 Å². The smallest absolute Gasteiger partial charge is 0.315 e. The molecule has 0 aliphatic carbocycles. The van der Waals surface area contributed by atoms with Crippen LogP contribution in [0, 0.1) is 0 Å². The minimum Gasteiger partial charge on any atom is -0.379 e. The number of fused-ring (bicyclic) bond motifs is 1. The number of urea groups is 1. The Morgan fingerprint density at radius 1 is 0.378 bits per heavy atom. The minimum atomic E-state index is -0.0656. The lowest BCUT2D eigenvalue weighted by atomic mass is 10.0. The normalized spacial score (nSPS) is 15.4. The summed E-state index contributed by atoms with van der Waals surface area (Å²) >= 11 is 1.90. The lowest BCUT2D eigenvalue weighted by Gasteiger charge is -2.16. The highest BCUT2D eigenvalue weighted by Crippen LogP contribution is 2.33. The maximum Gasteiger partial charge on any atom is 0.315 e. The van der Waals surface area contributed by atoms with E-state index < -0.39 is 0 Å². The summed E-state index contributed by atoms with van der Waals surface area (Å²) < 4.78 is 126. The van der Waals surface area contributed by atoms with Crippen LogP contribution in [0.2, 0.25) is 0 Å². The predicted molar refractivity (Wildman–Crippen MR) is 330 cm³/mol. The van der Waals surface area contributed by atoms with Crippen molar-refractivity contribution >= 4 is 23.7 Å². The van der Waals surface area contributed by atoms with Crippen molar-refractivity contribution in [3.63, 3.8) is 0 Å². The molecule has 2 saturated heterocycles. The number of azide groups is 1.